The fourth-order valence-electron chi connectivity index (χ4n) is 1.78. The number of nitrogens with zero attached hydrogens (tertiary/aromatic N) is 4. The van der Waals surface area contributed by atoms with Gasteiger partial charge in [-0.15, -0.1) is 5.10 Å². The number of aromatic nitrogens is 4. The van der Waals surface area contributed by atoms with Gasteiger partial charge in [-0.2, -0.15) is 4.68 Å². The molecule has 0 amide bonds. The van der Waals surface area contributed by atoms with Crippen LogP contribution < -0.4 is 5.32 Å². The van der Waals surface area contributed by atoms with E-state index in [0.29, 0.717) is 18.2 Å². The van der Waals surface area contributed by atoms with Gasteiger partial charge in [-0.3, -0.25) is 0 Å². The molecule has 2 heterocycles. The van der Waals surface area contributed by atoms with E-state index in [1.54, 1.807) is 4.68 Å². The van der Waals surface area contributed by atoms with E-state index in [1.165, 1.54) is 12.3 Å². The van der Waals surface area contributed by atoms with E-state index in [4.69, 9.17) is 0 Å². The first-order valence-electron chi connectivity index (χ1n) is 5.87. The van der Waals surface area contributed by atoms with Gasteiger partial charge in [0.1, 0.15) is 17.5 Å². The molecule has 2 aromatic rings. The molecule has 6 heteroatoms. The third-order valence-corrected chi connectivity index (χ3v) is 2.55. The Hall–Kier alpha value is -1.82. The third kappa shape index (κ3) is 2.53. The van der Waals surface area contributed by atoms with Crippen molar-refractivity contribution in [2.45, 2.75) is 27.3 Å². The summed E-state index contributed by atoms with van der Waals surface area (Å²) in [4.78, 5) is 8.35. The van der Waals surface area contributed by atoms with E-state index in [9.17, 15) is 4.39 Å². The van der Waals surface area contributed by atoms with E-state index >= 15 is 0 Å². The molecule has 0 aliphatic carbocycles. The molecule has 0 fully saturated rings. The summed E-state index contributed by atoms with van der Waals surface area (Å²) in [6.45, 7) is 7.02. The molecule has 96 valence electrons. The minimum absolute atomic E-state index is 0.346. The minimum Gasteiger partial charge on any atom is -0.313 e. The van der Waals surface area contributed by atoms with Crippen LogP contribution in [0.4, 0.5) is 4.39 Å². The van der Waals surface area contributed by atoms with E-state index in [0.717, 1.165) is 17.9 Å². The zero-order valence-corrected chi connectivity index (χ0v) is 10.7. The Kier molecular flexibility index (Phi) is 3.66. The second-order valence-corrected chi connectivity index (χ2v) is 4.03. The second kappa shape index (κ2) is 5.22. The minimum atomic E-state index is -0.346. The van der Waals surface area contributed by atoms with Gasteiger partial charge in [0.15, 0.2) is 5.82 Å². The molecule has 0 unspecified atom stereocenters. The largest absolute Gasteiger partial charge is 0.313 e. The lowest BCUT2D eigenvalue weighted by atomic mass is 10.2. The van der Waals surface area contributed by atoms with Crippen LogP contribution in [0.1, 0.15) is 24.1 Å². The van der Waals surface area contributed by atoms with Crippen LogP contribution >= 0.6 is 0 Å². The summed E-state index contributed by atoms with van der Waals surface area (Å²) in [5.74, 6) is 1.69. The van der Waals surface area contributed by atoms with Gasteiger partial charge in [0, 0.05) is 12.1 Å². The van der Waals surface area contributed by atoms with Gasteiger partial charge in [-0.25, -0.2) is 14.4 Å². The molecular formula is C12H16FN5. The quantitative estimate of drug-likeness (QED) is 0.892. The predicted molar refractivity (Wildman–Crippen MR) is 66.0 cm³/mol. The fraction of sp³-hybridized carbons (Fsp3) is 0.417. The average Bonchev–Trinajstić information content (AvgIpc) is 2.66. The molecule has 0 atom stereocenters. The van der Waals surface area contributed by atoms with E-state index < -0.39 is 0 Å². The molecule has 0 spiro atoms. The van der Waals surface area contributed by atoms with Crippen molar-refractivity contribution in [3.8, 4) is 5.82 Å². The van der Waals surface area contributed by atoms with Gasteiger partial charge in [0.2, 0.25) is 0 Å². The molecular weight excluding hydrogens is 233 g/mol. The molecule has 0 saturated heterocycles. The summed E-state index contributed by atoms with van der Waals surface area (Å²) in [6.07, 6.45) is 1.20. The van der Waals surface area contributed by atoms with Crippen molar-refractivity contribution in [1.29, 1.82) is 0 Å². The molecule has 1 N–H and O–H groups in total. The Balaban J connectivity index is 2.46. The summed E-state index contributed by atoms with van der Waals surface area (Å²) in [7, 11) is 0. The maximum Gasteiger partial charge on any atom is 0.160 e. The highest BCUT2D eigenvalue weighted by atomic mass is 19.1. The summed E-state index contributed by atoms with van der Waals surface area (Å²) >= 11 is 0. The molecule has 0 aliphatic rings. The molecule has 0 aliphatic heterocycles. The molecule has 2 rings (SSSR count). The maximum atomic E-state index is 13.3. The van der Waals surface area contributed by atoms with Crippen LogP contribution in [0.5, 0.6) is 0 Å². The van der Waals surface area contributed by atoms with Gasteiger partial charge >= 0.3 is 0 Å². The third-order valence-electron chi connectivity index (χ3n) is 2.55. The SMILES string of the molecule is CCNCc1cc(F)cnc1-n1nc(C)nc1C. The van der Waals surface area contributed by atoms with E-state index in [-0.39, 0.29) is 5.82 Å². The summed E-state index contributed by atoms with van der Waals surface area (Å²) < 4.78 is 14.9. The average molecular weight is 249 g/mol. The molecule has 0 radical (unpaired) electrons. The zero-order chi connectivity index (χ0) is 13.1. The Labute approximate surface area is 105 Å². The summed E-state index contributed by atoms with van der Waals surface area (Å²) in [5, 5.41) is 7.43. The highest BCUT2D eigenvalue weighted by molar-refractivity contribution is 5.33. The Morgan fingerprint density at radius 3 is 2.78 bits per heavy atom. The molecule has 2 aromatic heterocycles. The standard InChI is InChI=1S/C12H16FN5/c1-4-14-6-10-5-11(13)7-15-12(10)18-9(3)16-8(2)17-18/h5,7,14H,4,6H2,1-3H3. The van der Waals surface area contributed by atoms with Crippen molar-refractivity contribution in [3.05, 3.63) is 35.3 Å². The molecule has 18 heavy (non-hydrogen) atoms. The first kappa shape index (κ1) is 12.6. The molecule has 0 aromatic carbocycles. The van der Waals surface area contributed by atoms with Crippen LogP contribution in [0.25, 0.3) is 5.82 Å². The lowest BCUT2D eigenvalue weighted by molar-refractivity contribution is 0.609. The number of halogens is 1. The van der Waals surface area contributed by atoms with Crippen molar-refractivity contribution in [3.63, 3.8) is 0 Å². The van der Waals surface area contributed by atoms with Gasteiger partial charge in [0.05, 0.1) is 6.20 Å². The first-order valence-corrected chi connectivity index (χ1v) is 5.87. The highest BCUT2D eigenvalue weighted by Crippen LogP contribution is 2.14. The van der Waals surface area contributed by atoms with Crippen LogP contribution in [0.15, 0.2) is 12.3 Å². The van der Waals surface area contributed by atoms with Gasteiger partial charge in [-0.05, 0) is 26.5 Å². The van der Waals surface area contributed by atoms with Crippen LogP contribution in [-0.4, -0.2) is 26.3 Å². The van der Waals surface area contributed by atoms with Crippen molar-refractivity contribution >= 4 is 0 Å². The number of pyridine rings is 1. The van der Waals surface area contributed by atoms with Crippen LogP contribution in [-0.2, 0) is 6.54 Å². The van der Waals surface area contributed by atoms with Crippen molar-refractivity contribution in [2.75, 3.05) is 6.54 Å². The second-order valence-electron chi connectivity index (χ2n) is 4.03. The van der Waals surface area contributed by atoms with E-state index in [1.807, 2.05) is 20.8 Å². The Morgan fingerprint density at radius 2 is 2.17 bits per heavy atom. The molecule has 5 nitrogen and oxygen atoms in total. The summed E-state index contributed by atoms with van der Waals surface area (Å²) in [5.41, 5.74) is 0.768. The fourth-order valence-corrected chi connectivity index (χ4v) is 1.78. The smallest absolute Gasteiger partial charge is 0.160 e. The predicted octanol–water partition coefficient (Wildman–Crippen LogP) is 1.53. The van der Waals surface area contributed by atoms with Gasteiger partial charge in [-0.1, -0.05) is 6.92 Å². The lowest BCUT2D eigenvalue weighted by Gasteiger charge is -2.09. The normalized spacial score (nSPS) is 10.9. The maximum absolute atomic E-state index is 13.3. The number of rotatable bonds is 4. The lowest BCUT2D eigenvalue weighted by Crippen LogP contribution is -2.16. The number of hydrogen-bond donors (Lipinski definition) is 1. The molecule has 0 saturated carbocycles. The number of hydrogen-bond acceptors (Lipinski definition) is 4. The highest BCUT2D eigenvalue weighted by Gasteiger charge is 2.12. The zero-order valence-electron chi connectivity index (χ0n) is 10.7. The van der Waals surface area contributed by atoms with Gasteiger partial charge < -0.3 is 5.32 Å². The van der Waals surface area contributed by atoms with Crippen LogP contribution in [0.2, 0.25) is 0 Å². The molecule has 0 bridgehead atoms. The number of aryl methyl sites for hydroxylation is 2. The Morgan fingerprint density at radius 1 is 1.39 bits per heavy atom. The van der Waals surface area contributed by atoms with E-state index in [2.05, 4.69) is 20.4 Å². The topological polar surface area (TPSA) is 55.6 Å². The monoisotopic (exact) mass is 249 g/mol. The first-order chi connectivity index (χ1) is 8.61. The van der Waals surface area contributed by atoms with Crippen LogP contribution in [0.3, 0.4) is 0 Å². The number of nitrogens with one attached hydrogen (secondary N) is 1. The van der Waals surface area contributed by atoms with Crippen LogP contribution in [0, 0.1) is 19.7 Å². The van der Waals surface area contributed by atoms with Crippen molar-refractivity contribution in [1.82, 2.24) is 25.1 Å². The van der Waals surface area contributed by atoms with Crippen molar-refractivity contribution in [2.24, 2.45) is 0 Å². The van der Waals surface area contributed by atoms with Crippen molar-refractivity contribution < 1.29 is 4.39 Å². The summed E-state index contributed by atoms with van der Waals surface area (Å²) in [6, 6.07) is 1.47. The Bertz CT molecular complexity index is 549. The van der Waals surface area contributed by atoms with Gasteiger partial charge in [0.25, 0.3) is 0 Å².